The number of nitrogens with one attached hydrogen (secondary N) is 1. The van der Waals surface area contributed by atoms with Crippen LogP contribution in [0.4, 0.5) is 5.69 Å². The number of nitro benzene ring substituents is 1. The maximum atomic E-state index is 12.3. The predicted molar refractivity (Wildman–Crippen MR) is 74.0 cm³/mol. The van der Waals surface area contributed by atoms with E-state index in [1.807, 2.05) is 6.92 Å². The molecule has 1 aromatic rings. The fourth-order valence-corrected chi connectivity index (χ4v) is 1.63. The zero-order valence-corrected chi connectivity index (χ0v) is 11.5. The van der Waals surface area contributed by atoms with Crippen LogP contribution in [0.3, 0.4) is 0 Å². The average molecular weight is 279 g/mol. The molecule has 0 saturated heterocycles. The second-order valence-electron chi connectivity index (χ2n) is 4.05. The number of hydrogen-bond donors (Lipinski definition) is 1. The van der Waals surface area contributed by atoms with Crippen LogP contribution in [0.2, 0.25) is 0 Å². The quantitative estimate of drug-likeness (QED) is 0.283. The average Bonchev–Trinajstić information content (AvgIpc) is 2.42. The summed E-state index contributed by atoms with van der Waals surface area (Å²) in [6.45, 7) is 4.40. The van der Waals surface area contributed by atoms with Gasteiger partial charge in [0.25, 0.3) is 11.6 Å². The van der Waals surface area contributed by atoms with E-state index in [9.17, 15) is 14.9 Å². The molecule has 0 aliphatic rings. The smallest absolute Gasteiger partial charge is 0.270 e. The highest BCUT2D eigenvalue weighted by Gasteiger charge is 2.19. The number of ether oxygens (including phenoxy) is 1. The fraction of sp³-hybridized carbons (Fsp3) is 0.385. The Morgan fingerprint density at radius 3 is 2.75 bits per heavy atom. The molecule has 0 radical (unpaired) electrons. The van der Waals surface area contributed by atoms with Crippen molar-refractivity contribution in [3.8, 4) is 0 Å². The van der Waals surface area contributed by atoms with Crippen molar-refractivity contribution in [3.05, 3.63) is 39.9 Å². The van der Waals surface area contributed by atoms with Gasteiger partial charge in [-0.15, -0.1) is 0 Å². The van der Waals surface area contributed by atoms with Gasteiger partial charge in [-0.2, -0.15) is 0 Å². The first-order chi connectivity index (χ1) is 9.47. The van der Waals surface area contributed by atoms with Crippen LogP contribution < -0.4 is 0 Å². The Balaban J connectivity index is 2.91. The molecule has 0 aliphatic carbocycles. The number of hydrogen-bond acceptors (Lipinski definition) is 5. The molecule has 0 unspecified atom stereocenters. The molecule has 1 rings (SSSR count). The van der Waals surface area contributed by atoms with Gasteiger partial charge in [-0.25, -0.2) is 0 Å². The van der Waals surface area contributed by atoms with Gasteiger partial charge in [0, 0.05) is 24.3 Å². The van der Waals surface area contributed by atoms with Gasteiger partial charge >= 0.3 is 0 Å². The second kappa shape index (κ2) is 7.34. The van der Waals surface area contributed by atoms with Gasteiger partial charge in [0.15, 0.2) is 0 Å². The van der Waals surface area contributed by atoms with Crippen LogP contribution in [0, 0.1) is 15.5 Å². The van der Waals surface area contributed by atoms with Gasteiger partial charge in [0.2, 0.25) is 0 Å². The van der Waals surface area contributed by atoms with Crippen LogP contribution in [0.5, 0.6) is 0 Å². The third kappa shape index (κ3) is 4.13. The van der Waals surface area contributed by atoms with E-state index in [2.05, 4.69) is 0 Å². The number of rotatable bonds is 6. The normalized spacial score (nSPS) is 10.1. The molecule has 0 aliphatic heterocycles. The summed E-state index contributed by atoms with van der Waals surface area (Å²) >= 11 is 0. The lowest BCUT2D eigenvalue weighted by molar-refractivity contribution is -0.384. The summed E-state index contributed by atoms with van der Waals surface area (Å²) in [7, 11) is 0. The predicted octanol–water partition coefficient (Wildman–Crippen LogP) is 2.07. The third-order valence-electron chi connectivity index (χ3n) is 2.62. The maximum absolute atomic E-state index is 12.3. The number of carbonyl (C=O) groups is 1. The molecule has 7 nitrogen and oxygen atoms in total. The molecule has 0 bridgehead atoms. The minimum Gasteiger partial charge on any atom is -0.380 e. The van der Waals surface area contributed by atoms with Crippen molar-refractivity contribution >= 4 is 17.4 Å². The number of amidine groups is 1. The van der Waals surface area contributed by atoms with Crippen LogP contribution in [0.25, 0.3) is 0 Å². The van der Waals surface area contributed by atoms with Gasteiger partial charge in [0.1, 0.15) is 0 Å². The van der Waals surface area contributed by atoms with E-state index < -0.39 is 10.8 Å². The van der Waals surface area contributed by atoms with E-state index in [1.54, 1.807) is 0 Å². The number of non-ortho nitro benzene ring substituents is 1. The lowest BCUT2D eigenvalue weighted by Gasteiger charge is -2.21. The SMILES string of the molecule is CCOCCN(C(C)=N)C(=O)c1cccc([N+](=O)[O-])c1. The van der Waals surface area contributed by atoms with Crippen molar-refractivity contribution in [2.24, 2.45) is 0 Å². The Morgan fingerprint density at radius 1 is 1.50 bits per heavy atom. The van der Waals surface area contributed by atoms with E-state index in [0.29, 0.717) is 13.2 Å². The highest BCUT2D eigenvalue weighted by molar-refractivity contribution is 6.05. The molecular formula is C13H17N3O4. The standard InChI is InChI=1S/C13H17N3O4/c1-3-20-8-7-15(10(2)14)13(17)11-5-4-6-12(9-11)16(18)19/h4-6,9,14H,3,7-8H2,1-2H3. The molecule has 1 aromatic carbocycles. The minimum absolute atomic E-state index is 0.0706. The highest BCUT2D eigenvalue weighted by Crippen LogP contribution is 2.15. The fourth-order valence-electron chi connectivity index (χ4n) is 1.63. The summed E-state index contributed by atoms with van der Waals surface area (Å²) in [4.78, 5) is 23.6. The Hall–Kier alpha value is -2.28. The third-order valence-corrected chi connectivity index (χ3v) is 2.62. The first kappa shape index (κ1) is 15.8. The Kier molecular flexibility index (Phi) is 5.79. The number of amides is 1. The summed E-state index contributed by atoms with van der Waals surface area (Å²) in [6, 6.07) is 5.47. The van der Waals surface area contributed by atoms with Crippen molar-refractivity contribution in [1.29, 1.82) is 5.41 Å². The molecule has 20 heavy (non-hydrogen) atoms. The summed E-state index contributed by atoms with van der Waals surface area (Å²) < 4.78 is 5.16. The Morgan fingerprint density at radius 2 is 2.20 bits per heavy atom. The Bertz CT molecular complexity index is 516. The number of carbonyl (C=O) groups excluding carboxylic acids is 1. The van der Waals surface area contributed by atoms with Gasteiger partial charge in [-0.3, -0.25) is 25.2 Å². The van der Waals surface area contributed by atoms with Gasteiger partial charge in [-0.05, 0) is 19.9 Å². The largest absolute Gasteiger partial charge is 0.380 e. The zero-order chi connectivity index (χ0) is 15.1. The number of nitrogens with zero attached hydrogens (tertiary/aromatic N) is 2. The summed E-state index contributed by atoms with van der Waals surface area (Å²) in [5.74, 6) is -0.373. The maximum Gasteiger partial charge on any atom is 0.270 e. The van der Waals surface area contributed by atoms with Crippen molar-refractivity contribution in [2.45, 2.75) is 13.8 Å². The van der Waals surface area contributed by atoms with E-state index in [1.165, 1.54) is 36.1 Å². The van der Waals surface area contributed by atoms with Crippen molar-refractivity contribution in [2.75, 3.05) is 19.8 Å². The molecule has 108 valence electrons. The molecule has 1 amide bonds. The van der Waals surface area contributed by atoms with Crippen LogP contribution in [-0.2, 0) is 4.74 Å². The molecule has 7 heteroatoms. The summed E-state index contributed by atoms with van der Waals surface area (Å²) in [5.41, 5.74) is 0.0329. The van der Waals surface area contributed by atoms with E-state index in [-0.39, 0.29) is 23.6 Å². The van der Waals surface area contributed by atoms with Crippen LogP contribution in [-0.4, -0.2) is 41.3 Å². The van der Waals surface area contributed by atoms with E-state index in [0.717, 1.165) is 0 Å². The Labute approximate surface area is 116 Å². The van der Waals surface area contributed by atoms with Crippen molar-refractivity contribution in [3.63, 3.8) is 0 Å². The molecule has 0 fully saturated rings. The van der Waals surface area contributed by atoms with E-state index >= 15 is 0 Å². The number of benzene rings is 1. The lowest BCUT2D eigenvalue weighted by Crippen LogP contribution is -2.37. The highest BCUT2D eigenvalue weighted by atomic mass is 16.6. The minimum atomic E-state index is -0.557. The molecule has 0 heterocycles. The van der Waals surface area contributed by atoms with Gasteiger partial charge in [0.05, 0.1) is 23.9 Å². The summed E-state index contributed by atoms with van der Waals surface area (Å²) in [5, 5.41) is 18.3. The lowest BCUT2D eigenvalue weighted by atomic mass is 10.1. The monoisotopic (exact) mass is 279 g/mol. The van der Waals surface area contributed by atoms with Crippen molar-refractivity contribution < 1.29 is 14.5 Å². The first-order valence-corrected chi connectivity index (χ1v) is 6.16. The molecule has 0 spiro atoms. The van der Waals surface area contributed by atoms with E-state index in [4.69, 9.17) is 10.1 Å². The van der Waals surface area contributed by atoms with Crippen molar-refractivity contribution in [1.82, 2.24) is 4.90 Å². The van der Waals surface area contributed by atoms with Crippen LogP contribution >= 0.6 is 0 Å². The topological polar surface area (TPSA) is 96.5 Å². The second-order valence-corrected chi connectivity index (χ2v) is 4.05. The molecule has 0 aromatic heterocycles. The van der Waals surface area contributed by atoms with Crippen LogP contribution in [0.15, 0.2) is 24.3 Å². The van der Waals surface area contributed by atoms with Gasteiger partial charge in [-0.1, -0.05) is 6.07 Å². The summed E-state index contributed by atoms with van der Waals surface area (Å²) in [6.07, 6.45) is 0. The first-order valence-electron chi connectivity index (χ1n) is 6.16. The van der Waals surface area contributed by atoms with Crippen LogP contribution in [0.1, 0.15) is 24.2 Å². The molecular weight excluding hydrogens is 262 g/mol. The molecule has 0 atom stereocenters. The van der Waals surface area contributed by atoms with Gasteiger partial charge < -0.3 is 4.74 Å². The molecule has 1 N–H and O–H groups in total. The number of nitro groups is 1. The zero-order valence-electron chi connectivity index (χ0n) is 11.5. The molecule has 0 saturated carbocycles.